The normalized spacial score (nSPS) is 10.4. The molecule has 11 heteroatoms. The van der Waals surface area contributed by atoms with Gasteiger partial charge in [0, 0.05) is 9.79 Å². The molecule has 27 heavy (non-hydrogen) atoms. The van der Waals surface area contributed by atoms with Crippen LogP contribution in [0.2, 0.25) is 0 Å². The molecule has 0 aromatic heterocycles. The summed E-state index contributed by atoms with van der Waals surface area (Å²) < 4.78 is 0. The average molecular weight is 386 g/mol. The lowest BCUT2D eigenvalue weighted by Gasteiger charge is -2.14. The first-order chi connectivity index (χ1) is 12.5. The van der Waals surface area contributed by atoms with Crippen LogP contribution in [0.5, 0.6) is 11.5 Å². The van der Waals surface area contributed by atoms with E-state index in [1.165, 1.54) is 24.3 Å². The van der Waals surface area contributed by atoms with Gasteiger partial charge >= 0.3 is 0 Å². The Morgan fingerprint density at radius 1 is 0.593 bits per heavy atom. The van der Waals surface area contributed by atoms with Crippen LogP contribution in [0.3, 0.4) is 0 Å². The third kappa shape index (κ3) is 3.93. The highest BCUT2D eigenvalue weighted by Gasteiger charge is 2.18. The van der Waals surface area contributed by atoms with Gasteiger partial charge in [0.1, 0.15) is 34.8 Å². The molecule has 0 fully saturated rings. The first-order valence-electron chi connectivity index (χ1n) is 7.32. The fourth-order valence-corrected chi connectivity index (χ4v) is 3.27. The molecule has 0 spiro atoms. The number of phenolic OH excluding ortho intramolecular Hbond substituents is 2. The molecular weight excluding hydrogens is 368 g/mol. The van der Waals surface area contributed by atoms with Crippen LogP contribution in [-0.2, 0) is 0 Å². The summed E-state index contributed by atoms with van der Waals surface area (Å²) in [6.07, 6.45) is 0. The van der Waals surface area contributed by atoms with Crippen LogP contribution in [0.1, 0.15) is 22.3 Å². The molecule has 0 atom stereocenters. The molecule has 14 N–H and O–H groups in total. The summed E-state index contributed by atoms with van der Waals surface area (Å²) in [5.74, 6) is -2.37. The van der Waals surface area contributed by atoms with E-state index in [1.807, 2.05) is 0 Å². The Balaban J connectivity index is 2.63. The number of nitrogens with one attached hydrogen (secondary N) is 4. The number of phenols is 2. The molecule has 0 saturated carbocycles. The summed E-state index contributed by atoms with van der Waals surface area (Å²) in [4.78, 5) is 0.941. The first kappa shape index (κ1) is 19.6. The zero-order valence-electron chi connectivity index (χ0n) is 13.9. The zero-order valence-corrected chi connectivity index (χ0v) is 14.7. The van der Waals surface area contributed by atoms with Gasteiger partial charge in [-0.2, -0.15) is 0 Å². The number of hydrogen-bond acceptors (Lipinski definition) is 7. The van der Waals surface area contributed by atoms with E-state index in [-0.39, 0.29) is 33.8 Å². The largest absolute Gasteiger partial charge is 0.506 e. The Morgan fingerprint density at radius 3 is 1.00 bits per heavy atom. The molecule has 2 aromatic carbocycles. The van der Waals surface area contributed by atoms with E-state index in [0.717, 1.165) is 11.8 Å². The third-order valence-electron chi connectivity index (χ3n) is 3.56. The van der Waals surface area contributed by atoms with Crippen molar-refractivity contribution in [3.8, 4) is 11.5 Å². The Labute approximate surface area is 158 Å². The summed E-state index contributed by atoms with van der Waals surface area (Å²) in [5, 5.41) is 50.5. The lowest BCUT2D eigenvalue weighted by molar-refractivity contribution is 0.472. The van der Waals surface area contributed by atoms with Crippen LogP contribution >= 0.6 is 11.8 Å². The van der Waals surface area contributed by atoms with Gasteiger partial charge in [0.15, 0.2) is 0 Å². The highest BCUT2D eigenvalue weighted by molar-refractivity contribution is 7.99. The molecule has 0 aliphatic heterocycles. The molecule has 0 radical (unpaired) electrons. The summed E-state index contributed by atoms with van der Waals surface area (Å²) in [5.41, 5.74) is 21.9. The molecule has 0 unspecified atom stereocenters. The maximum Gasteiger partial charge on any atom is 0.137 e. The van der Waals surface area contributed by atoms with Gasteiger partial charge in [0.2, 0.25) is 0 Å². The number of hydrogen-bond donors (Lipinski definition) is 10. The van der Waals surface area contributed by atoms with E-state index in [9.17, 15) is 10.2 Å². The van der Waals surface area contributed by atoms with Gasteiger partial charge in [-0.25, -0.2) is 0 Å². The summed E-state index contributed by atoms with van der Waals surface area (Å²) >= 11 is 1.10. The van der Waals surface area contributed by atoms with Gasteiger partial charge < -0.3 is 33.1 Å². The first-order valence-corrected chi connectivity index (χ1v) is 8.14. The van der Waals surface area contributed by atoms with Crippen LogP contribution in [0.25, 0.3) is 0 Å². The van der Waals surface area contributed by atoms with Crippen LogP contribution in [0.15, 0.2) is 34.1 Å². The van der Waals surface area contributed by atoms with Crippen molar-refractivity contribution in [2.75, 3.05) is 0 Å². The lowest BCUT2D eigenvalue weighted by Crippen LogP contribution is -2.17. The van der Waals surface area contributed by atoms with Crippen molar-refractivity contribution in [2.24, 2.45) is 22.9 Å². The fourth-order valence-electron chi connectivity index (χ4n) is 2.29. The minimum atomic E-state index is -0.406. The van der Waals surface area contributed by atoms with Gasteiger partial charge in [-0.1, -0.05) is 11.8 Å². The molecule has 0 heterocycles. The van der Waals surface area contributed by atoms with Gasteiger partial charge in [-0.3, -0.25) is 21.6 Å². The second-order valence-corrected chi connectivity index (χ2v) is 6.64. The third-order valence-corrected chi connectivity index (χ3v) is 4.51. The Kier molecular flexibility index (Phi) is 5.26. The molecule has 2 rings (SSSR count). The van der Waals surface area contributed by atoms with Gasteiger partial charge in [0.05, 0.1) is 22.3 Å². The van der Waals surface area contributed by atoms with E-state index in [4.69, 9.17) is 44.6 Å². The molecule has 0 aliphatic carbocycles. The smallest absolute Gasteiger partial charge is 0.137 e. The van der Waals surface area contributed by atoms with Gasteiger partial charge in [-0.15, -0.1) is 0 Å². The summed E-state index contributed by atoms with van der Waals surface area (Å²) in [7, 11) is 0. The van der Waals surface area contributed by atoms with Crippen molar-refractivity contribution < 1.29 is 10.2 Å². The standard InChI is InChI=1S/C16H18N8O2S/c17-13(18)7-1-5(2-8(11(7)25)14(19)20)27-6-3-9(15(21)22)12(26)10(4-6)16(23)24/h1-4,25-26H,(H3,17,18)(H3,19,20)(H3,21,22)(H3,23,24). The van der Waals surface area contributed by atoms with E-state index in [1.54, 1.807) is 0 Å². The lowest BCUT2D eigenvalue weighted by atomic mass is 10.1. The fraction of sp³-hybridized carbons (Fsp3) is 0. The minimum absolute atomic E-state index is 0.00237. The van der Waals surface area contributed by atoms with Crippen LogP contribution in [0.4, 0.5) is 0 Å². The average Bonchev–Trinajstić information content (AvgIpc) is 2.56. The van der Waals surface area contributed by atoms with Crippen LogP contribution in [0, 0.1) is 21.6 Å². The highest BCUT2D eigenvalue weighted by Crippen LogP contribution is 2.36. The number of nitrogens with two attached hydrogens (primary N) is 4. The van der Waals surface area contributed by atoms with Crippen molar-refractivity contribution in [3.05, 3.63) is 46.5 Å². The molecule has 2 aromatic rings. The second-order valence-electron chi connectivity index (χ2n) is 5.49. The van der Waals surface area contributed by atoms with Crippen molar-refractivity contribution >= 4 is 35.1 Å². The quantitative estimate of drug-likeness (QED) is 0.247. The van der Waals surface area contributed by atoms with Gasteiger partial charge in [0.25, 0.3) is 0 Å². The number of nitrogen functional groups attached to an aromatic ring is 4. The van der Waals surface area contributed by atoms with Crippen molar-refractivity contribution in [1.82, 2.24) is 0 Å². The maximum absolute atomic E-state index is 10.1. The summed E-state index contributed by atoms with van der Waals surface area (Å²) in [6.45, 7) is 0. The monoisotopic (exact) mass is 386 g/mol. The van der Waals surface area contributed by atoms with Crippen molar-refractivity contribution in [2.45, 2.75) is 9.79 Å². The molecule has 0 saturated heterocycles. The van der Waals surface area contributed by atoms with Crippen molar-refractivity contribution in [3.63, 3.8) is 0 Å². The van der Waals surface area contributed by atoms with Crippen LogP contribution < -0.4 is 22.9 Å². The van der Waals surface area contributed by atoms with Gasteiger partial charge in [-0.05, 0) is 24.3 Å². The molecule has 0 bridgehead atoms. The minimum Gasteiger partial charge on any atom is -0.506 e. The van der Waals surface area contributed by atoms with E-state index >= 15 is 0 Å². The topological polar surface area (TPSA) is 240 Å². The predicted molar refractivity (Wildman–Crippen MR) is 104 cm³/mol. The Morgan fingerprint density at radius 2 is 0.815 bits per heavy atom. The molecular formula is C16H18N8O2S. The molecule has 10 nitrogen and oxygen atoms in total. The molecule has 0 aliphatic rings. The SMILES string of the molecule is N=C(N)c1cc(Sc2cc(C(=N)N)c(O)c(C(=N)N)c2)cc(C(=N)N)c1O. The highest BCUT2D eigenvalue weighted by atomic mass is 32.2. The number of rotatable bonds is 6. The van der Waals surface area contributed by atoms with E-state index in [0.29, 0.717) is 9.79 Å². The number of benzene rings is 2. The zero-order chi connectivity index (χ0) is 20.5. The van der Waals surface area contributed by atoms with Crippen molar-refractivity contribution in [1.29, 1.82) is 21.6 Å². The Hall–Kier alpha value is -3.73. The summed E-state index contributed by atoms with van der Waals surface area (Å²) in [6, 6.07) is 5.73. The molecule has 140 valence electrons. The number of aromatic hydroxyl groups is 2. The number of amidine groups is 4. The van der Waals surface area contributed by atoms with Crippen LogP contribution in [-0.4, -0.2) is 33.6 Å². The Bertz CT molecular complexity index is 852. The predicted octanol–water partition coefficient (Wildman–Crippen LogP) is 0.385. The maximum atomic E-state index is 10.1. The van der Waals surface area contributed by atoms with E-state index < -0.39 is 23.3 Å². The second kappa shape index (κ2) is 7.25. The van der Waals surface area contributed by atoms with E-state index in [2.05, 4.69) is 0 Å². The molecule has 0 amide bonds.